The molecule has 0 fully saturated rings. The van der Waals surface area contributed by atoms with Crippen molar-refractivity contribution >= 4 is 17.7 Å². The first-order chi connectivity index (χ1) is 9.60. The van der Waals surface area contributed by atoms with Gasteiger partial charge in [-0.3, -0.25) is 4.79 Å². The molecule has 20 heavy (non-hydrogen) atoms. The van der Waals surface area contributed by atoms with E-state index < -0.39 is 5.97 Å². The van der Waals surface area contributed by atoms with E-state index in [4.69, 9.17) is 10.4 Å². The Morgan fingerprint density at radius 3 is 2.60 bits per heavy atom. The molecule has 2 aromatic rings. The van der Waals surface area contributed by atoms with E-state index >= 15 is 0 Å². The Balaban J connectivity index is 2.36. The average molecular weight is 284 g/mol. The highest BCUT2D eigenvalue weighted by atomic mass is 32.2. The first kappa shape index (κ1) is 14.1. The molecule has 1 N–H and O–H groups in total. The number of aliphatic carboxylic acids is 1. The second kappa shape index (κ2) is 6.22. The largest absolute Gasteiger partial charge is 0.481 e. The Morgan fingerprint density at radius 2 is 2.00 bits per heavy atom. The van der Waals surface area contributed by atoms with E-state index in [0.29, 0.717) is 10.6 Å². The third-order valence-electron chi connectivity index (χ3n) is 2.66. The number of rotatable bonds is 4. The molecule has 0 bridgehead atoms. The van der Waals surface area contributed by atoms with Crippen LogP contribution in [0.1, 0.15) is 11.1 Å². The lowest BCUT2D eigenvalue weighted by atomic mass is 10.1. The highest BCUT2D eigenvalue weighted by Gasteiger charge is 2.09. The lowest BCUT2D eigenvalue weighted by Gasteiger charge is -2.06. The Hall–Kier alpha value is -2.32. The lowest BCUT2D eigenvalue weighted by molar-refractivity contribution is -0.133. The van der Waals surface area contributed by atoms with Gasteiger partial charge in [-0.1, -0.05) is 41.6 Å². The molecule has 0 radical (unpaired) electrons. The van der Waals surface area contributed by atoms with Crippen LogP contribution >= 0.6 is 11.8 Å². The molecule has 0 saturated heterocycles. The zero-order chi connectivity index (χ0) is 14.5. The highest BCUT2D eigenvalue weighted by molar-refractivity contribution is 7.99. The summed E-state index contributed by atoms with van der Waals surface area (Å²) in [5.74, 6) is -1.04. The Kier molecular flexibility index (Phi) is 4.38. The molecule has 4 nitrogen and oxygen atoms in total. The molecule has 0 aliphatic carbocycles. The number of carboxylic acid groups (broad SMARTS) is 1. The van der Waals surface area contributed by atoms with Gasteiger partial charge >= 0.3 is 5.97 Å². The minimum Gasteiger partial charge on any atom is -0.481 e. The monoisotopic (exact) mass is 284 g/mol. The van der Waals surface area contributed by atoms with E-state index in [-0.39, 0.29) is 5.75 Å². The number of nitriles is 1. The number of thioether (sulfide) groups is 1. The summed E-state index contributed by atoms with van der Waals surface area (Å²) in [7, 11) is 0. The van der Waals surface area contributed by atoms with Gasteiger partial charge in [-0.2, -0.15) is 5.26 Å². The van der Waals surface area contributed by atoms with Crippen molar-refractivity contribution in [3.8, 4) is 17.3 Å². The lowest BCUT2D eigenvalue weighted by Crippen LogP contribution is -1.99. The summed E-state index contributed by atoms with van der Waals surface area (Å²) in [5.41, 5.74) is 3.23. The van der Waals surface area contributed by atoms with Crippen LogP contribution in [-0.2, 0) is 4.79 Å². The van der Waals surface area contributed by atoms with Crippen LogP contribution in [0.3, 0.4) is 0 Å². The summed E-state index contributed by atoms with van der Waals surface area (Å²) in [6, 6.07) is 13.4. The van der Waals surface area contributed by atoms with Crippen molar-refractivity contribution in [3.63, 3.8) is 0 Å². The van der Waals surface area contributed by atoms with Gasteiger partial charge in [-0.15, -0.1) is 0 Å². The summed E-state index contributed by atoms with van der Waals surface area (Å²) in [6.07, 6.45) is 0. The van der Waals surface area contributed by atoms with Gasteiger partial charge in [0.05, 0.1) is 17.0 Å². The zero-order valence-corrected chi connectivity index (χ0v) is 11.6. The van der Waals surface area contributed by atoms with Gasteiger partial charge in [0.15, 0.2) is 0 Å². The molecule has 5 heteroatoms. The minimum absolute atomic E-state index is 0.112. The summed E-state index contributed by atoms with van der Waals surface area (Å²) in [6.45, 7) is 2.00. The molecular weight excluding hydrogens is 272 g/mol. The van der Waals surface area contributed by atoms with Gasteiger partial charge in [-0.25, -0.2) is 4.98 Å². The van der Waals surface area contributed by atoms with E-state index in [1.54, 1.807) is 12.1 Å². The van der Waals surface area contributed by atoms with Crippen LogP contribution in [0.15, 0.2) is 41.4 Å². The molecular formula is C15H12N2O2S. The van der Waals surface area contributed by atoms with Crippen molar-refractivity contribution in [1.82, 2.24) is 4.98 Å². The van der Waals surface area contributed by atoms with Gasteiger partial charge in [0.1, 0.15) is 11.1 Å². The summed E-state index contributed by atoms with van der Waals surface area (Å²) >= 11 is 1.06. The van der Waals surface area contributed by atoms with Crippen LogP contribution in [-0.4, -0.2) is 21.8 Å². The van der Waals surface area contributed by atoms with Crippen LogP contribution in [0.2, 0.25) is 0 Å². The molecule has 1 aromatic carbocycles. The normalized spacial score (nSPS) is 10.0. The maximum Gasteiger partial charge on any atom is 0.313 e. The topological polar surface area (TPSA) is 74.0 Å². The van der Waals surface area contributed by atoms with Crippen molar-refractivity contribution in [2.24, 2.45) is 0 Å². The number of hydrogen-bond acceptors (Lipinski definition) is 4. The van der Waals surface area contributed by atoms with Crippen LogP contribution in [0, 0.1) is 18.3 Å². The molecule has 100 valence electrons. The van der Waals surface area contributed by atoms with Gasteiger partial charge in [0.25, 0.3) is 0 Å². The van der Waals surface area contributed by atoms with Crippen molar-refractivity contribution in [2.75, 3.05) is 5.75 Å². The number of aromatic nitrogens is 1. The quantitative estimate of drug-likeness (QED) is 0.873. The van der Waals surface area contributed by atoms with E-state index in [1.165, 1.54) is 0 Å². The summed E-state index contributed by atoms with van der Waals surface area (Å²) < 4.78 is 0. The van der Waals surface area contributed by atoms with Crippen LogP contribution in [0.25, 0.3) is 11.3 Å². The molecule has 0 atom stereocenters. The summed E-state index contributed by atoms with van der Waals surface area (Å²) in [4.78, 5) is 15.0. The van der Waals surface area contributed by atoms with E-state index in [9.17, 15) is 4.79 Å². The smallest absolute Gasteiger partial charge is 0.313 e. The number of carboxylic acids is 1. The van der Waals surface area contributed by atoms with Crippen molar-refractivity contribution in [2.45, 2.75) is 11.9 Å². The minimum atomic E-state index is -0.929. The second-order valence-corrected chi connectivity index (χ2v) is 5.17. The first-order valence-corrected chi connectivity index (χ1v) is 6.91. The fourth-order valence-electron chi connectivity index (χ4n) is 1.65. The fraction of sp³-hybridized carbons (Fsp3) is 0.133. The summed E-state index contributed by atoms with van der Waals surface area (Å²) in [5, 5.41) is 18.2. The van der Waals surface area contributed by atoms with E-state index in [2.05, 4.69) is 4.98 Å². The molecule has 0 unspecified atom stereocenters. The fourth-order valence-corrected chi connectivity index (χ4v) is 2.34. The molecule has 0 aliphatic heterocycles. The number of carbonyl (C=O) groups is 1. The van der Waals surface area contributed by atoms with Crippen LogP contribution in [0.4, 0.5) is 0 Å². The Labute approximate surface area is 121 Å². The predicted molar refractivity (Wildman–Crippen MR) is 77.5 cm³/mol. The predicted octanol–water partition coefficient (Wildman–Crippen LogP) is 3.11. The maximum absolute atomic E-state index is 10.6. The third-order valence-corrected chi connectivity index (χ3v) is 3.64. The van der Waals surface area contributed by atoms with E-state index in [1.807, 2.05) is 37.3 Å². The molecule has 0 amide bonds. The van der Waals surface area contributed by atoms with Gasteiger partial charge < -0.3 is 5.11 Å². The number of pyridine rings is 1. The second-order valence-electron chi connectivity index (χ2n) is 4.21. The van der Waals surface area contributed by atoms with E-state index in [0.717, 1.165) is 28.6 Å². The Bertz CT molecular complexity index is 675. The van der Waals surface area contributed by atoms with Crippen LogP contribution < -0.4 is 0 Å². The van der Waals surface area contributed by atoms with Gasteiger partial charge in [-0.05, 0) is 19.1 Å². The maximum atomic E-state index is 10.6. The SMILES string of the molecule is Cc1ccc(-c2ccc(C#N)c(SCC(=O)O)n2)cc1. The number of benzene rings is 1. The number of aryl methyl sites for hydroxylation is 1. The standard InChI is InChI=1S/C15H12N2O2S/c1-10-2-4-11(5-3-10)13-7-6-12(8-16)15(17-13)20-9-14(18)19/h2-7H,9H2,1H3,(H,18,19). The number of hydrogen-bond donors (Lipinski definition) is 1. The average Bonchev–Trinajstić information content (AvgIpc) is 2.45. The van der Waals surface area contributed by atoms with Crippen LogP contribution in [0.5, 0.6) is 0 Å². The number of nitrogens with zero attached hydrogens (tertiary/aromatic N) is 2. The van der Waals surface area contributed by atoms with Gasteiger partial charge in [0.2, 0.25) is 0 Å². The first-order valence-electron chi connectivity index (χ1n) is 5.93. The van der Waals surface area contributed by atoms with Gasteiger partial charge in [0, 0.05) is 5.56 Å². The molecule has 0 spiro atoms. The van der Waals surface area contributed by atoms with Crippen molar-refractivity contribution in [3.05, 3.63) is 47.5 Å². The Morgan fingerprint density at radius 1 is 1.30 bits per heavy atom. The van der Waals surface area contributed by atoms with Crippen molar-refractivity contribution < 1.29 is 9.90 Å². The molecule has 1 heterocycles. The third kappa shape index (κ3) is 3.37. The van der Waals surface area contributed by atoms with Crippen molar-refractivity contribution in [1.29, 1.82) is 5.26 Å². The molecule has 0 aliphatic rings. The molecule has 1 aromatic heterocycles. The molecule has 0 saturated carbocycles. The molecule has 2 rings (SSSR count). The zero-order valence-electron chi connectivity index (χ0n) is 10.8. The highest BCUT2D eigenvalue weighted by Crippen LogP contribution is 2.25.